The van der Waals surface area contributed by atoms with Gasteiger partial charge in [-0.25, -0.2) is 0 Å². The Bertz CT molecular complexity index is 664. The summed E-state index contributed by atoms with van der Waals surface area (Å²) in [5.41, 5.74) is 0.924. The molecule has 1 aromatic rings. The third kappa shape index (κ3) is 2.11. The van der Waals surface area contributed by atoms with E-state index in [0.717, 1.165) is 31.2 Å². The molecule has 3 aliphatic carbocycles. The number of carboxylic acids is 1. The molecule has 0 spiro atoms. The molecule has 4 nitrogen and oxygen atoms in total. The van der Waals surface area contributed by atoms with Gasteiger partial charge in [-0.1, -0.05) is 36.2 Å². The number of hydrogen-bond acceptors (Lipinski definition) is 2. The fourth-order valence-electron chi connectivity index (χ4n) is 4.57. The van der Waals surface area contributed by atoms with Crippen LogP contribution in [0.15, 0.2) is 24.3 Å². The maximum absolute atomic E-state index is 12.9. The van der Waals surface area contributed by atoms with E-state index in [2.05, 4.69) is 36.5 Å². The van der Waals surface area contributed by atoms with Gasteiger partial charge in [0.15, 0.2) is 0 Å². The Labute approximate surface area is 136 Å². The molecule has 4 heteroatoms. The van der Waals surface area contributed by atoms with E-state index in [1.165, 1.54) is 5.56 Å². The van der Waals surface area contributed by atoms with Gasteiger partial charge >= 0.3 is 5.97 Å². The Morgan fingerprint density at radius 2 is 1.83 bits per heavy atom. The number of carboxylic acid groups (broad SMARTS) is 1. The van der Waals surface area contributed by atoms with Crippen molar-refractivity contribution in [1.29, 1.82) is 0 Å². The number of carbonyl (C=O) groups is 2. The third-order valence-electron chi connectivity index (χ3n) is 6.26. The number of aryl methyl sites for hydroxylation is 1. The highest BCUT2D eigenvalue weighted by Gasteiger charge is 2.78. The van der Waals surface area contributed by atoms with Crippen LogP contribution in [0.2, 0.25) is 0 Å². The zero-order valence-electron chi connectivity index (χ0n) is 13.5. The number of carbonyl (C=O) groups excluding carboxylic acids is 1. The van der Waals surface area contributed by atoms with Crippen LogP contribution < -0.4 is 5.32 Å². The van der Waals surface area contributed by atoms with E-state index < -0.39 is 16.8 Å². The van der Waals surface area contributed by atoms with Gasteiger partial charge in [0, 0.05) is 0 Å². The maximum atomic E-state index is 12.9. The van der Waals surface area contributed by atoms with Crippen LogP contribution in [0.3, 0.4) is 0 Å². The number of benzene rings is 1. The molecule has 0 aliphatic heterocycles. The number of aliphatic carboxylic acids is 1. The molecule has 0 aromatic heterocycles. The summed E-state index contributed by atoms with van der Waals surface area (Å²) in [5, 5.41) is 12.8. The lowest BCUT2D eigenvalue weighted by Crippen LogP contribution is -2.38. The zero-order chi connectivity index (χ0) is 16.2. The van der Waals surface area contributed by atoms with Crippen LogP contribution in [-0.2, 0) is 9.59 Å². The summed E-state index contributed by atoms with van der Waals surface area (Å²) < 4.78 is 0. The lowest BCUT2D eigenvalue weighted by atomic mass is 9.93. The number of amides is 1. The van der Waals surface area contributed by atoms with E-state index in [0.29, 0.717) is 18.8 Å². The molecule has 3 fully saturated rings. The molecule has 0 heterocycles. The second-order valence-corrected chi connectivity index (χ2v) is 7.70. The minimum Gasteiger partial charge on any atom is -0.481 e. The summed E-state index contributed by atoms with van der Waals surface area (Å²) in [6, 6.07) is 8.35. The van der Waals surface area contributed by atoms with Gasteiger partial charge in [0.1, 0.15) is 0 Å². The summed E-state index contributed by atoms with van der Waals surface area (Å²) in [6.45, 7) is 2.05. The van der Waals surface area contributed by atoms with Gasteiger partial charge in [0.2, 0.25) is 5.91 Å². The molecule has 3 atom stereocenters. The van der Waals surface area contributed by atoms with Gasteiger partial charge in [-0.05, 0) is 50.5 Å². The molecule has 2 N–H and O–H groups in total. The quantitative estimate of drug-likeness (QED) is 0.877. The van der Waals surface area contributed by atoms with Crippen molar-refractivity contribution in [1.82, 2.24) is 5.32 Å². The molecule has 23 heavy (non-hydrogen) atoms. The second kappa shape index (κ2) is 4.83. The lowest BCUT2D eigenvalue weighted by Gasteiger charge is -2.23. The highest BCUT2D eigenvalue weighted by Crippen LogP contribution is 2.73. The topological polar surface area (TPSA) is 66.4 Å². The summed E-state index contributed by atoms with van der Waals surface area (Å²) in [7, 11) is 0. The Morgan fingerprint density at radius 1 is 1.17 bits per heavy atom. The Hall–Kier alpha value is -1.84. The normalized spacial score (nSPS) is 32.9. The highest BCUT2D eigenvalue weighted by atomic mass is 16.4. The molecule has 1 unspecified atom stereocenters. The van der Waals surface area contributed by atoms with E-state index in [9.17, 15) is 14.7 Å². The van der Waals surface area contributed by atoms with Gasteiger partial charge in [-0.15, -0.1) is 0 Å². The van der Waals surface area contributed by atoms with Crippen molar-refractivity contribution in [2.75, 3.05) is 0 Å². The van der Waals surface area contributed by atoms with Crippen LogP contribution in [0.5, 0.6) is 0 Å². The SMILES string of the molecule is Cc1ccc(C(NC(=O)[C@@]23CCC[C@]2(C(=O)O)C3)C2CC2)cc1. The molecule has 0 bridgehead atoms. The first-order valence-corrected chi connectivity index (χ1v) is 8.59. The monoisotopic (exact) mass is 313 g/mol. The smallest absolute Gasteiger partial charge is 0.310 e. The van der Waals surface area contributed by atoms with E-state index in [1.54, 1.807) is 0 Å². The first-order valence-electron chi connectivity index (χ1n) is 8.59. The van der Waals surface area contributed by atoms with Crippen molar-refractivity contribution in [2.45, 2.75) is 51.5 Å². The van der Waals surface area contributed by atoms with Gasteiger partial charge in [-0.3, -0.25) is 9.59 Å². The number of hydrogen-bond donors (Lipinski definition) is 2. The fourth-order valence-corrected chi connectivity index (χ4v) is 4.57. The van der Waals surface area contributed by atoms with Crippen LogP contribution >= 0.6 is 0 Å². The van der Waals surface area contributed by atoms with Crippen LogP contribution in [0.4, 0.5) is 0 Å². The number of fused-ring (bicyclic) bond motifs is 1. The second-order valence-electron chi connectivity index (χ2n) is 7.70. The third-order valence-corrected chi connectivity index (χ3v) is 6.26. The molecular weight excluding hydrogens is 290 g/mol. The number of nitrogens with one attached hydrogen (secondary N) is 1. The van der Waals surface area contributed by atoms with Gasteiger partial charge in [-0.2, -0.15) is 0 Å². The molecule has 1 aromatic carbocycles. The molecule has 4 rings (SSSR count). The molecule has 0 radical (unpaired) electrons. The van der Waals surface area contributed by atoms with Crippen molar-refractivity contribution in [3.63, 3.8) is 0 Å². The van der Waals surface area contributed by atoms with E-state index >= 15 is 0 Å². The number of rotatable bonds is 5. The van der Waals surface area contributed by atoms with Crippen LogP contribution in [0, 0.1) is 23.7 Å². The van der Waals surface area contributed by atoms with E-state index in [1.807, 2.05) is 0 Å². The predicted octanol–water partition coefficient (Wildman–Crippen LogP) is 3.21. The van der Waals surface area contributed by atoms with Crippen LogP contribution in [-0.4, -0.2) is 17.0 Å². The van der Waals surface area contributed by atoms with E-state index in [-0.39, 0.29) is 11.9 Å². The minimum atomic E-state index is -0.788. The minimum absolute atomic E-state index is 0.0325. The maximum Gasteiger partial charge on any atom is 0.310 e. The molecule has 122 valence electrons. The highest BCUT2D eigenvalue weighted by molar-refractivity contribution is 5.97. The fraction of sp³-hybridized carbons (Fsp3) is 0.579. The van der Waals surface area contributed by atoms with Crippen molar-refractivity contribution in [2.24, 2.45) is 16.7 Å². The standard InChI is InChI=1S/C19H23NO3/c1-12-3-5-13(6-4-12)15(14-7-8-14)20-16(21)18-9-2-10-19(18,11-18)17(22)23/h3-6,14-15H,2,7-11H2,1H3,(H,20,21)(H,22,23)/t15?,18-,19+/m0/s1. The van der Waals surface area contributed by atoms with E-state index in [4.69, 9.17) is 0 Å². The Morgan fingerprint density at radius 3 is 2.39 bits per heavy atom. The Kier molecular flexibility index (Phi) is 3.09. The largest absolute Gasteiger partial charge is 0.481 e. The van der Waals surface area contributed by atoms with Crippen molar-refractivity contribution >= 4 is 11.9 Å². The van der Waals surface area contributed by atoms with Crippen LogP contribution in [0.1, 0.15) is 55.7 Å². The predicted molar refractivity (Wildman–Crippen MR) is 85.8 cm³/mol. The zero-order valence-corrected chi connectivity index (χ0v) is 13.5. The molecule has 3 aliphatic rings. The molecular formula is C19H23NO3. The van der Waals surface area contributed by atoms with Crippen molar-refractivity contribution in [3.05, 3.63) is 35.4 Å². The van der Waals surface area contributed by atoms with Crippen LogP contribution in [0.25, 0.3) is 0 Å². The Balaban J connectivity index is 1.55. The first-order chi connectivity index (χ1) is 11.0. The average Bonchev–Trinajstić information content (AvgIpc) is 3.44. The summed E-state index contributed by atoms with van der Waals surface area (Å²) in [6.07, 6.45) is 5.00. The summed E-state index contributed by atoms with van der Waals surface area (Å²) in [5.74, 6) is -0.323. The summed E-state index contributed by atoms with van der Waals surface area (Å²) in [4.78, 5) is 24.6. The lowest BCUT2D eigenvalue weighted by molar-refractivity contribution is -0.146. The van der Waals surface area contributed by atoms with Crippen molar-refractivity contribution < 1.29 is 14.7 Å². The molecule has 0 saturated heterocycles. The average molecular weight is 313 g/mol. The molecule has 1 amide bonds. The van der Waals surface area contributed by atoms with Gasteiger partial charge < -0.3 is 10.4 Å². The molecule has 3 saturated carbocycles. The summed E-state index contributed by atoms with van der Waals surface area (Å²) >= 11 is 0. The van der Waals surface area contributed by atoms with Gasteiger partial charge in [0.25, 0.3) is 0 Å². The van der Waals surface area contributed by atoms with Crippen molar-refractivity contribution in [3.8, 4) is 0 Å². The first kappa shape index (κ1) is 14.7. The van der Waals surface area contributed by atoms with Gasteiger partial charge in [0.05, 0.1) is 16.9 Å².